The zero-order chi connectivity index (χ0) is 14.5. The van der Waals surface area contributed by atoms with Gasteiger partial charge in [0.15, 0.2) is 0 Å². The van der Waals surface area contributed by atoms with Crippen LogP contribution < -0.4 is 9.47 Å². The van der Waals surface area contributed by atoms with Crippen LogP contribution in [0.3, 0.4) is 0 Å². The Bertz CT molecular complexity index is 590. The third-order valence-corrected chi connectivity index (χ3v) is 2.83. The smallest absolute Gasteiger partial charge is 0.345 e. The van der Waals surface area contributed by atoms with Crippen LogP contribution in [0.2, 0.25) is 0 Å². The molecule has 0 saturated heterocycles. The van der Waals surface area contributed by atoms with Crippen LogP contribution in [0.5, 0.6) is 11.6 Å². The van der Waals surface area contributed by atoms with Crippen LogP contribution in [0.25, 0.3) is 0 Å². The van der Waals surface area contributed by atoms with E-state index < -0.39 is 5.97 Å². The van der Waals surface area contributed by atoms with Gasteiger partial charge in [0.05, 0.1) is 27.9 Å². The number of carbonyl (C=O) groups is 1. The number of hydrogen-bond donors (Lipinski definition) is 0. The van der Waals surface area contributed by atoms with E-state index in [-0.39, 0.29) is 5.88 Å². The van der Waals surface area contributed by atoms with Crippen molar-refractivity contribution in [1.29, 1.82) is 0 Å². The largest absolute Gasteiger partial charge is 0.497 e. The molecule has 2 aromatic rings. The highest BCUT2D eigenvalue weighted by Gasteiger charge is 2.17. The fourth-order valence-corrected chi connectivity index (χ4v) is 1.80. The highest BCUT2D eigenvalue weighted by Crippen LogP contribution is 2.18. The number of hydrogen-bond acceptors (Lipinski definition) is 5. The van der Waals surface area contributed by atoms with Crippen LogP contribution in [0, 0.1) is 0 Å². The van der Waals surface area contributed by atoms with Crippen LogP contribution in [0.15, 0.2) is 30.5 Å². The van der Waals surface area contributed by atoms with E-state index in [9.17, 15) is 4.79 Å². The lowest BCUT2D eigenvalue weighted by Gasteiger charge is -2.03. The lowest BCUT2D eigenvalue weighted by atomic mass is 10.2. The van der Waals surface area contributed by atoms with Gasteiger partial charge in [-0.25, -0.2) is 4.79 Å². The molecule has 0 saturated carbocycles. The van der Waals surface area contributed by atoms with Gasteiger partial charge in [0.1, 0.15) is 11.3 Å². The van der Waals surface area contributed by atoms with Crippen LogP contribution >= 0.6 is 0 Å². The summed E-state index contributed by atoms with van der Waals surface area (Å²) in [5.41, 5.74) is 1.34. The Kier molecular flexibility index (Phi) is 4.24. The summed E-state index contributed by atoms with van der Waals surface area (Å²) in [7, 11) is 4.41. The average molecular weight is 276 g/mol. The predicted molar refractivity (Wildman–Crippen MR) is 72.2 cm³/mol. The molecule has 0 aliphatic rings. The Morgan fingerprint density at radius 2 is 1.85 bits per heavy atom. The van der Waals surface area contributed by atoms with Gasteiger partial charge >= 0.3 is 5.97 Å². The van der Waals surface area contributed by atoms with Gasteiger partial charge in [-0.15, -0.1) is 5.10 Å². The van der Waals surface area contributed by atoms with Gasteiger partial charge in [-0.3, -0.25) is 4.68 Å². The number of benzene rings is 1. The molecule has 2 rings (SSSR count). The Morgan fingerprint density at radius 1 is 1.15 bits per heavy atom. The van der Waals surface area contributed by atoms with E-state index in [1.165, 1.54) is 14.2 Å². The topological polar surface area (TPSA) is 62.6 Å². The van der Waals surface area contributed by atoms with Crippen LogP contribution in [0.1, 0.15) is 15.9 Å². The lowest BCUT2D eigenvalue weighted by Crippen LogP contribution is -2.02. The van der Waals surface area contributed by atoms with Crippen molar-refractivity contribution in [2.24, 2.45) is 0 Å². The lowest BCUT2D eigenvalue weighted by molar-refractivity contribution is 0.0597. The molecular formula is C14H16N2O4. The molecule has 0 fully saturated rings. The van der Waals surface area contributed by atoms with Crippen molar-refractivity contribution in [1.82, 2.24) is 9.78 Å². The van der Waals surface area contributed by atoms with Crippen molar-refractivity contribution in [2.45, 2.75) is 6.54 Å². The summed E-state index contributed by atoms with van der Waals surface area (Å²) < 4.78 is 16.5. The van der Waals surface area contributed by atoms with Crippen molar-refractivity contribution in [3.63, 3.8) is 0 Å². The average Bonchev–Trinajstić information content (AvgIpc) is 2.90. The number of carbonyl (C=O) groups excluding carboxylic acids is 1. The molecule has 0 N–H and O–H groups in total. The number of aromatic nitrogens is 2. The zero-order valence-corrected chi connectivity index (χ0v) is 11.6. The van der Waals surface area contributed by atoms with E-state index in [1.807, 2.05) is 24.3 Å². The van der Waals surface area contributed by atoms with E-state index in [4.69, 9.17) is 9.47 Å². The van der Waals surface area contributed by atoms with Crippen molar-refractivity contribution in [3.05, 3.63) is 41.6 Å². The van der Waals surface area contributed by atoms with Crippen molar-refractivity contribution >= 4 is 5.97 Å². The number of ether oxygens (including phenoxy) is 3. The summed E-state index contributed by atoms with van der Waals surface area (Å²) in [4.78, 5) is 11.6. The summed E-state index contributed by atoms with van der Waals surface area (Å²) in [5, 5.41) is 4.20. The van der Waals surface area contributed by atoms with E-state index in [0.29, 0.717) is 12.1 Å². The van der Waals surface area contributed by atoms with Gasteiger partial charge in [0.2, 0.25) is 5.88 Å². The minimum atomic E-state index is -0.470. The summed E-state index contributed by atoms with van der Waals surface area (Å²) in [6.45, 7) is 0.525. The van der Waals surface area contributed by atoms with Gasteiger partial charge < -0.3 is 14.2 Å². The quantitative estimate of drug-likeness (QED) is 0.778. The summed E-state index contributed by atoms with van der Waals surface area (Å²) in [6, 6.07) is 7.62. The Morgan fingerprint density at radius 3 is 2.40 bits per heavy atom. The van der Waals surface area contributed by atoms with E-state index >= 15 is 0 Å². The number of nitrogens with zero attached hydrogens (tertiary/aromatic N) is 2. The van der Waals surface area contributed by atoms with Crippen LogP contribution in [-0.4, -0.2) is 37.1 Å². The second kappa shape index (κ2) is 6.10. The molecule has 6 nitrogen and oxygen atoms in total. The van der Waals surface area contributed by atoms with Gasteiger partial charge in [-0.2, -0.15) is 0 Å². The first-order valence-electron chi connectivity index (χ1n) is 6.00. The highest BCUT2D eigenvalue weighted by molar-refractivity contribution is 5.91. The fraction of sp³-hybridized carbons (Fsp3) is 0.286. The van der Waals surface area contributed by atoms with Gasteiger partial charge in [-0.1, -0.05) is 12.1 Å². The normalized spacial score (nSPS) is 10.2. The monoisotopic (exact) mass is 276 g/mol. The van der Waals surface area contributed by atoms with Crippen LogP contribution in [-0.2, 0) is 11.3 Å². The van der Waals surface area contributed by atoms with Crippen molar-refractivity contribution in [2.75, 3.05) is 21.3 Å². The van der Waals surface area contributed by atoms with Crippen LogP contribution in [0.4, 0.5) is 0 Å². The first-order chi connectivity index (χ1) is 9.67. The Balaban J connectivity index is 2.20. The number of esters is 1. The minimum absolute atomic E-state index is 0.255. The zero-order valence-electron chi connectivity index (χ0n) is 11.6. The Labute approximate surface area is 116 Å². The molecular weight excluding hydrogens is 260 g/mol. The molecule has 1 aromatic heterocycles. The molecule has 0 atom stereocenters. The highest BCUT2D eigenvalue weighted by atomic mass is 16.5. The van der Waals surface area contributed by atoms with Crippen molar-refractivity contribution < 1.29 is 19.0 Å². The molecule has 0 aliphatic heterocycles. The maximum Gasteiger partial charge on any atom is 0.345 e. The molecule has 0 bridgehead atoms. The maximum absolute atomic E-state index is 11.6. The molecule has 0 unspecified atom stereocenters. The van der Waals surface area contributed by atoms with E-state index in [2.05, 4.69) is 9.84 Å². The second-order valence-electron chi connectivity index (χ2n) is 4.09. The SMILES string of the molecule is COC(=O)c1cn(Cc2ccc(OC)cc2)nc1OC. The van der Waals surface area contributed by atoms with Gasteiger partial charge in [0.25, 0.3) is 0 Å². The van der Waals surface area contributed by atoms with Crippen molar-refractivity contribution in [3.8, 4) is 11.6 Å². The summed E-state index contributed by atoms with van der Waals surface area (Å²) in [5.74, 6) is 0.579. The summed E-state index contributed by atoms with van der Waals surface area (Å²) >= 11 is 0. The summed E-state index contributed by atoms with van der Waals surface area (Å²) in [6.07, 6.45) is 1.61. The van der Waals surface area contributed by atoms with Gasteiger partial charge in [-0.05, 0) is 17.7 Å². The molecule has 20 heavy (non-hydrogen) atoms. The number of methoxy groups -OCH3 is 3. The number of rotatable bonds is 5. The fourth-order valence-electron chi connectivity index (χ4n) is 1.80. The minimum Gasteiger partial charge on any atom is -0.497 e. The molecule has 6 heteroatoms. The molecule has 0 aliphatic carbocycles. The molecule has 0 amide bonds. The first kappa shape index (κ1) is 13.9. The second-order valence-corrected chi connectivity index (χ2v) is 4.09. The van der Waals surface area contributed by atoms with E-state index in [0.717, 1.165) is 11.3 Å². The standard InChI is InChI=1S/C14H16N2O4/c1-18-11-6-4-10(5-7-11)8-16-9-12(14(17)20-3)13(15-16)19-2/h4-7,9H,8H2,1-3H3. The third-order valence-electron chi connectivity index (χ3n) is 2.83. The molecule has 0 spiro atoms. The molecule has 1 heterocycles. The molecule has 0 radical (unpaired) electrons. The predicted octanol–water partition coefficient (Wildman–Crippen LogP) is 1.74. The van der Waals surface area contributed by atoms with E-state index in [1.54, 1.807) is 18.0 Å². The third kappa shape index (κ3) is 2.90. The van der Waals surface area contributed by atoms with Gasteiger partial charge in [0, 0.05) is 6.20 Å². The molecule has 1 aromatic carbocycles. The maximum atomic E-state index is 11.6. The molecule has 106 valence electrons. The first-order valence-corrected chi connectivity index (χ1v) is 6.00. The Hall–Kier alpha value is -2.50.